The third-order valence-corrected chi connectivity index (χ3v) is 2.72. The maximum absolute atomic E-state index is 9.98. The average Bonchev–Trinajstić information content (AvgIpc) is 2.87. The second kappa shape index (κ2) is 5.52. The first-order valence-corrected chi connectivity index (χ1v) is 6.37. The van der Waals surface area contributed by atoms with Crippen LogP contribution in [0.15, 0.2) is 42.5 Å². The largest absolute Gasteiger partial charge is 0.505 e. The lowest BCUT2D eigenvalue weighted by atomic mass is 10.2. The number of aromatic nitrogens is 3. The van der Waals surface area contributed by atoms with Gasteiger partial charge in [-0.05, 0) is 30.7 Å². The van der Waals surface area contributed by atoms with Gasteiger partial charge in [-0.3, -0.25) is 0 Å². The summed E-state index contributed by atoms with van der Waals surface area (Å²) in [5.41, 5.74) is 3.03. The number of phenolic OH excluding ortho intramolecular Hbond substituents is 1. The molecule has 0 fully saturated rings. The summed E-state index contributed by atoms with van der Waals surface area (Å²) in [5, 5.41) is 18.6. The molecule has 0 aliphatic rings. The van der Waals surface area contributed by atoms with Crippen molar-refractivity contribution in [3.05, 3.63) is 48.0 Å². The molecule has 0 bridgehead atoms. The van der Waals surface area contributed by atoms with Crippen LogP contribution >= 0.6 is 0 Å². The highest BCUT2D eigenvalue weighted by Gasteiger charge is 2.09. The van der Waals surface area contributed by atoms with E-state index in [1.165, 1.54) is 4.80 Å². The maximum Gasteiger partial charge on any atom is 0.145 e. The minimum absolute atomic E-state index is 0.216. The molecule has 0 amide bonds. The van der Waals surface area contributed by atoms with E-state index < -0.39 is 0 Å². The fraction of sp³-hybridized carbons (Fsp3) is 0.200. The lowest BCUT2D eigenvalue weighted by Gasteiger charge is -2.04. The number of aryl methyl sites for hydroxylation is 1. The quantitative estimate of drug-likeness (QED) is 0.724. The van der Waals surface area contributed by atoms with Gasteiger partial charge in [0, 0.05) is 0 Å². The van der Waals surface area contributed by atoms with E-state index in [2.05, 4.69) is 10.2 Å². The van der Waals surface area contributed by atoms with Crippen molar-refractivity contribution < 1.29 is 5.11 Å². The van der Waals surface area contributed by atoms with E-state index in [4.69, 9.17) is 0 Å². The fourth-order valence-electron chi connectivity index (χ4n) is 1.77. The molecule has 0 saturated carbocycles. The topological polar surface area (TPSA) is 50.9 Å². The minimum Gasteiger partial charge on any atom is -0.505 e. The second-order valence-corrected chi connectivity index (χ2v) is 3.92. The van der Waals surface area contributed by atoms with Crippen LogP contribution < -0.4 is 0 Å². The molecule has 2 aromatic carbocycles. The second-order valence-electron chi connectivity index (χ2n) is 3.92. The van der Waals surface area contributed by atoms with E-state index in [1.807, 2.05) is 57.2 Å². The van der Waals surface area contributed by atoms with E-state index in [1.54, 1.807) is 6.07 Å². The zero-order chi connectivity index (χ0) is 13.8. The molecule has 4 nitrogen and oxygen atoms in total. The Kier molecular flexibility index (Phi) is 3.80. The van der Waals surface area contributed by atoms with Crippen LogP contribution in [-0.2, 0) is 0 Å². The molecule has 4 heteroatoms. The first-order valence-electron chi connectivity index (χ1n) is 6.37. The minimum atomic E-state index is 0.216. The van der Waals surface area contributed by atoms with Gasteiger partial charge in [-0.1, -0.05) is 38.1 Å². The standard InChI is InChI=1S/C13H11N3O.C2H6/c1-9-5-4-8-12(13(9)17)16-14-10-6-2-3-7-11(10)15-16;1-2/h2-8,17H,1H3;1-2H3. The van der Waals surface area contributed by atoms with Gasteiger partial charge < -0.3 is 5.11 Å². The van der Waals surface area contributed by atoms with Crippen LogP contribution in [0.2, 0.25) is 0 Å². The molecule has 3 rings (SSSR count). The van der Waals surface area contributed by atoms with Gasteiger partial charge in [-0.15, -0.1) is 15.0 Å². The van der Waals surface area contributed by atoms with Gasteiger partial charge in [0.1, 0.15) is 22.5 Å². The Morgan fingerprint density at radius 1 is 0.895 bits per heavy atom. The number of para-hydroxylation sites is 1. The number of aromatic hydroxyl groups is 1. The SMILES string of the molecule is CC.Cc1cccc(-n2nc3ccccc3n2)c1O. The van der Waals surface area contributed by atoms with E-state index in [9.17, 15) is 5.11 Å². The van der Waals surface area contributed by atoms with Crippen molar-refractivity contribution in [3.8, 4) is 11.4 Å². The van der Waals surface area contributed by atoms with Crippen molar-refractivity contribution in [3.63, 3.8) is 0 Å². The summed E-state index contributed by atoms with van der Waals surface area (Å²) in [4.78, 5) is 1.47. The molecule has 1 heterocycles. The monoisotopic (exact) mass is 255 g/mol. The zero-order valence-corrected chi connectivity index (χ0v) is 11.3. The van der Waals surface area contributed by atoms with Gasteiger partial charge in [0.25, 0.3) is 0 Å². The molecule has 1 aromatic heterocycles. The lowest BCUT2D eigenvalue weighted by Crippen LogP contribution is -1.99. The van der Waals surface area contributed by atoms with E-state index in [0.29, 0.717) is 5.69 Å². The summed E-state index contributed by atoms with van der Waals surface area (Å²) >= 11 is 0. The average molecular weight is 255 g/mol. The Balaban J connectivity index is 0.000000637. The Labute approximate surface area is 112 Å². The summed E-state index contributed by atoms with van der Waals surface area (Å²) in [5.74, 6) is 0.216. The summed E-state index contributed by atoms with van der Waals surface area (Å²) < 4.78 is 0. The molecule has 19 heavy (non-hydrogen) atoms. The Morgan fingerprint density at radius 3 is 2.05 bits per heavy atom. The molecule has 0 spiro atoms. The third kappa shape index (κ3) is 2.42. The zero-order valence-electron chi connectivity index (χ0n) is 11.3. The predicted octanol–water partition coefficient (Wildman–Crippen LogP) is 3.46. The Bertz CT molecular complexity index is 656. The molecular weight excluding hydrogens is 238 g/mol. The molecule has 98 valence electrons. The number of phenols is 1. The van der Waals surface area contributed by atoms with Gasteiger partial charge >= 0.3 is 0 Å². The van der Waals surface area contributed by atoms with Crippen LogP contribution in [0, 0.1) is 6.92 Å². The number of nitrogens with zero attached hydrogens (tertiary/aromatic N) is 3. The van der Waals surface area contributed by atoms with Crippen molar-refractivity contribution in [2.75, 3.05) is 0 Å². The maximum atomic E-state index is 9.98. The highest BCUT2D eigenvalue weighted by atomic mass is 16.3. The molecule has 0 aliphatic carbocycles. The molecule has 0 aliphatic heterocycles. The number of rotatable bonds is 1. The molecule has 0 atom stereocenters. The van der Waals surface area contributed by atoms with E-state index >= 15 is 0 Å². The van der Waals surface area contributed by atoms with Crippen LogP contribution in [0.4, 0.5) is 0 Å². The van der Waals surface area contributed by atoms with Crippen LogP contribution in [0.3, 0.4) is 0 Å². The summed E-state index contributed by atoms with van der Waals surface area (Å²) in [6, 6.07) is 13.1. The normalized spacial score (nSPS) is 10.1. The van der Waals surface area contributed by atoms with Crippen LogP contribution in [0.5, 0.6) is 5.75 Å². The first-order chi connectivity index (χ1) is 9.25. The third-order valence-electron chi connectivity index (χ3n) is 2.72. The van der Waals surface area contributed by atoms with Gasteiger partial charge in [0.15, 0.2) is 0 Å². The van der Waals surface area contributed by atoms with Crippen molar-refractivity contribution in [1.82, 2.24) is 15.0 Å². The Morgan fingerprint density at radius 2 is 1.47 bits per heavy atom. The number of hydrogen-bond acceptors (Lipinski definition) is 3. The van der Waals surface area contributed by atoms with Crippen LogP contribution in [0.25, 0.3) is 16.7 Å². The number of benzene rings is 2. The van der Waals surface area contributed by atoms with Crippen molar-refractivity contribution >= 4 is 11.0 Å². The fourth-order valence-corrected chi connectivity index (χ4v) is 1.77. The van der Waals surface area contributed by atoms with Crippen molar-refractivity contribution in [1.29, 1.82) is 0 Å². The molecule has 0 radical (unpaired) electrons. The molecule has 0 saturated heterocycles. The summed E-state index contributed by atoms with van der Waals surface area (Å²) in [6.45, 7) is 5.85. The van der Waals surface area contributed by atoms with E-state index in [-0.39, 0.29) is 5.75 Å². The van der Waals surface area contributed by atoms with Gasteiger partial charge in [-0.25, -0.2) is 0 Å². The molecular formula is C15H17N3O. The Hall–Kier alpha value is -2.36. The number of fused-ring (bicyclic) bond motifs is 1. The molecule has 1 N–H and O–H groups in total. The highest BCUT2D eigenvalue weighted by molar-refractivity contribution is 5.73. The van der Waals surface area contributed by atoms with Crippen LogP contribution in [0.1, 0.15) is 19.4 Å². The number of hydrogen-bond donors (Lipinski definition) is 1. The first kappa shape index (κ1) is 13.1. The van der Waals surface area contributed by atoms with E-state index in [0.717, 1.165) is 16.6 Å². The molecule has 0 unspecified atom stereocenters. The smallest absolute Gasteiger partial charge is 0.145 e. The highest BCUT2D eigenvalue weighted by Crippen LogP contribution is 2.24. The van der Waals surface area contributed by atoms with Crippen LogP contribution in [-0.4, -0.2) is 20.1 Å². The van der Waals surface area contributed by atoms with Gasteiger partial charge in [0.05, 0.1) is 0 Å². The summed E-state index contributed by atoms with van der Waals surface area (Å²) in [6.07, 6.45) is 0. The van der Waals surface area contributed by atoms with Gasteiger partial charge in [-0.2, -0.15) is 0 Å². The van der Waals surface area contributed by atoms with Crippen molar-refractivity contribution in [2.24, 2.45) is 0 Å². The predicted molar refractivity (Wildman–Crippen MR) is 76.6 cm³/mol. The summed E-state index contributed by atoms with van der Waals surface area (Å²) in [7, 11) is 0. The van der Waals surface area contributed by atoms with Gasteiger partial charge in [0.2, 0.25) is 0 Å². The van der Waals surface area contributed by atoms with Crippen molar-refractivity contribution in [2.45, 2.75) is 20.8 Å². The lowest BCUT2D eigenvalue weighted by molar-refractivity contribution is 0.463. The molecule has 3 aromatic rings.